The lowest BCUT2D eigenvalue weighted by Gasteiger charge is -2.17. The molecular formula is C14H17N5. The zero-order valence-electron chi connectivity index (χ0n) is 11.0. The van der Waals surface area contributed by atoms with Crippen molar-refractivity contribution in [2.75, 3.05) is 23.3 Å². The first-order chi connectivity index (χ1) is 9.31. The highest BCUT2D eigenvalue weighted by molar-refractivity contribution is 5.41. The summed E-state index contributed by atoms with van der Waals surface area (Å²) in [4.78, 5) is 15.2. The lowest BCUT2D eigenvalue weighted by atomic mass is 10.3. The Morgan fingerprint density at radius 1 is 1.21 bits per heavy atom. The SMILES string of the molecule is Cc1cnc(NC2CCN(c3ccccn3)C2)nc1. The maximum Gasteiger partial charge on any atom is 0.222 e. The first kappa shape index (κ1) is 11.9. The first-order valence-corrected chi connectivity index (χ1v) is 6.52. The molecular weight excluding hydrogens is 238 g/mol. The summed E-state index contributed by atoms with van der Waals surface area (Å²) in [5.41, 5.74) is 1.08. The van der Waals surface area contributed by atoms with Crippen LogP contribution in [0.1, 0.15) is 12.0 Å². The molecule has 2 aromatic heterocycles. The van der Waals surface area contributed by atoms with Crippen molar-refractivity contribution in [3.63, 3.8) is 0 Å². The van der Waals surface area contributed by atoms with Crippen LogP contribution in [-0.4, -0.2) is 34.1 Å². The van der Waals surface area contributed by atoms with Gasteiger partial charge in [-0.05, 0) is 31.0 Å². The summed E-state index contributed by atoms with van der Waals surface area (Å²) in [5, 5.41) is 3.38. The molecule has 1 N–H and O–H groups in total. The van der Waals surface area contributed by atoms with Crippen molar-refractivity contribution in [2.45, 2.75) is 19.4 Å². The van der Waals surface area contributed by atoms with Gasteiger partial charge in [0.25, 0.3) is 0 Å². The molecule has 0 spiro atoms. The predicted molar refractivity (Wildman–Crippen MR) is 75.2 cm³/mol. The molecule has 19 heavy (non-hydrogen) atoms. The van der Waals surface area contributed by atoms with Gasteiger partial charge in [0.2, 0.25) is 5.95 Å². The molecule has 5 heteroatoms. The molecule has 1 saturated heterocycles. The highest BCUT2D eigenvalue weighted by Crippen LogP contribution is 2.19. The van der Waals surface area contributed by atoms with E-state index in [9.17, 15) is 0 Å². The smallest absolute Gasteiger partial charge is 0.222 e. The summed E-state index contributed by atoms with van der Waals surface area (Å²) in [6.07, 6.45) is 6.58. The van der Waals surface area contributed by atoms with E-state index in [1.807, 2.05) is 43.7 Å². The molecule has 0 radical (unpaired) electrons. The topological polar surface area (TPSA) is 53.9 Å². The van der Waals surface area contributed by atoms with E-state index in [2.05, 4.69) is 25.2 Å². The molecule has 0 saturated carbocycles. The number of hydrogen-bond donors (Lipinski definition) is 1. The van der Waals surface area contributed by atoms with Gasteiger partial charge in [0, 0.05) is 37.7 Å². The van der Waals surface area contributed by atoms with Crippen LogP contribution in [-0.2, 0) is 0 Å². The highest BCUT2D eigenvalue weighted by Gasteiger charge is 2.23. The van der Waals surface area contributed by atoms with Gasteiger partial charge in [-0.2, -0.15) is 0 Å². The van der Waals surface area contributed by atoms with Crippen molar-refractivity contribution in [3.8, 4) is 0 Å². The first-order valence-electron chi connectivity index (χ1n) is 6.52. The number of aryl methyl sites for hydroxylation is 1. The minimum atomic E-state index is 0.379. The van der Waals surface area contributed by atoms with E-state index >= 15 is 0 Å². The normalized spacial score (nSPS) is 18.6. The van der Waals surface area contributed by atoms with Crippen molar-refractivity contribution in [1.29, 1.82) is 0 Å². The van der Waals surface area contributed by atoms with Crippen molar-refractivity contribution >= 4 is 11.8 Å². The molecule has 3 rings (SSSR count). The second kappa shape index (κ2) is 5.22. The van der Waals surface area contributed by atoms with Gasteiger partial charge in [0.05, 0.1) is 0 Å². The van der Waals surface area contributed by atoms with Gasteiger partial charge in [-0.3, -0.25) is 0 Å². The molecule has 0 bridgehead atoms. The average molecular weight is 255 g/mol. The third-order valence-electron chi connectivity index (χ3n) is 3.28. The van der Waals surface area contributed by atoms with Crippen molar-refractivity contribution in [1.82, 2.24) is 15.0 Å². The number of rotatable bonds is 3. The molecule has 98 valence electrons. The molecule has 5 nitrogen and oxygen atoms in total. The second-order valence-electron chi connectivity index (χ2n) is 4.85. The van der Waals surface area contributed by atoms with Gasteiger partial charge in [-0.1, -0.05) is 6.07 Å². The zero-order chi connectivity index (χ0) is 13.1. The number of nitrogens with zero attached hydrogens (tertiary/aromatic N) is 4. The zero-order valence-corrected chi connectivity index (χ0v) is 11.0. The third kappa shape index (κ3) is 2.81. The van der Waals surface area contributed by atoms with E-state index in [1.54, 1.807) is 0 Å². The molecule has 1 unspecified atom stereocenters. The Morgan fingerprint density at radius 2 is 2.05 bits per heavy atom. The van der Waals surface area contributed by atoms with Crippen LogP contribution in [0, 0.1) is 6.92 Å². The molecule has 1 atom stereocenters. The van der Waals surface area contributed by atoms with Crippen LogP contribution in [0.15, 0.2) is 36.8 Å². The van der Waals surface area contributed by atoms with Crippen LogP contribution in [0.25, 0.3) is 0 Å². The van der Waals surface area contributed by atoms with Crippen molar-refractivity contribution in [2.24, 2.45) is 0 Å². The second-order valence-corrected chi connectivity index (χ2v) is 4.85. The van der Waals surface area contributed by atoms with E-state index in [4.69, 9.17) is 0 Å². The van der Waals surface area contributed by atoms with Crippen LogP contribution >= 0.6 is 0 Å². The van der Waals surface area contributed by atoms with Gasteiger partial charge < -0.3 is 10.2 Å². The fourth-order valence-electron chi connectivity index (χ4n) is 2.28. The third-order valence-corrected chi connectivity index (χ3v) is 3.28. The fraction of sp³-hybridized carbons (Fsp3) is 0.357. The van der Waals surface area contributed by atoms with Crippen LogP contribution < -0.4 is 10.2 Å². The van der Waals surface area contributed by atoms with Crippen LogP contribution in [0.5, 0.6) is 0 Å². The Balaban J connectivity index is 1.62. The molecule has 1 aliphatic heterocycles. The standard InChI is InChI=1S/C14H17N5/c1-11-8-16-14(17-9-11)18-12-5-7-19(10-12)13-4-2-3-6-15-13/h2-4,6,8-9,12H,5,7,10H2,1H3,(H,16,17,18). The van der Waals surface area contributed by atoms with E-state index < -0.39 is 0 Å². The Hall–Kier alpha value is -2.17. The molecule has 0 aromatic carbocycles. The maximum absolute atomic E-state index is 4.38. The average Bonchev–Trinajstić information content (AvgIpc) is 2.91. The number of aromatic nitrogens is 3. The van der Waals surface area contributed by atoms with Gasteiger partial charge in [0.1, 0.15) is 5.82 Å². The Morgan fingerprint density at radius 3 is 2.79 bits per heavy atom. The minimum absolute atomic E-state index is 0.379. The summed E-state index contributed by atoms with van der Waals surface area (Å²) in [6.45, 7) is 3.94. The monoisotopic (exact) mass is 255 g/mol. The predicted octanol–water partition coefficient (Wildman–Crippen LogP) is 1.87. The Labute approximate surface area is 112 Å². The van der Waals surface area contributed by atoms with Crippen LogP contribution in [0.4, 0.5) is 11.8 Å². The van der Waals surface area contributed by atoms with E-state index in [0.717, 1.165) is 30.9 Å². The molecule has 0 aliphatic carbocycles. The van der Waals surface area contributed by atoms with Gasteiger partial charge >= 0.3 is 0 Å². The van der Waals surface area contributed by atoms with E-state index in [-0.39, 0.29) is 0 Å². The van der Waals surface area contributed by atoms with Gasteiger partial charge in [0.15, 0.2) is 0 Å². The number of pyridine rings is 1. The Kier molecular flexibility index (Phi) is 3.27. The summed E-state index contributed by atoms with van der Waals surface area (Å²) in [7, 11) is 0. The van der Waals surface area contributed by atoms with Gasteiger partial charge in [-0.25, -0.2) is 15.0 Å². The summed E-state index contributed by atoms with van der Waals surface area (Å²) in [6, 6.07) is 6.39. The van der Waals surface area contributed by atoms with Crippen molar-refractivity contribution < 1.29 is 0 Å². The molecule has 1 aliphatic rings. The lowest BCUT2D eigenvalue weighted by Crippen LogP contribution is -2.27. The van der Waals surface area contributed by atoms with Crippen molar-refractivity contribution in [3.05, 3.63) is 42.4 Å². The summed E-state index contributed by atoms with van der Waals surface area (Å²) >= 11 is 0. The summed E-state index contributed by atoms with van der Waals surface area (Å²) < 4.78 is 0. The quantitative estimate of drug-likeness (QED) is 0.907. The fourth-order valence-corrected chi connectivity index (χ4v) is 2.28. The summed E-state index contributed by atoms with van der Waals surface area (Å²) in [5.74, 6) is 1.75. The van der Waals surface area contributed by atoms with E-state index in [0.29, 0.717) is 12.0 Å². The number of anilines is 2. The maximum atomic E-state index is 4.38. The highest BCUT2D eigenvalue weighted by atomic mass is 15.2. The number of nitrogens with one attached hydrogen (secondary N) is 1. The minimum Gasteiger partial charge on any atom is -0.354 e. The molecule has 0 amide bonds. The van der Waals surface area contributed by atoms with Crippen LogP contribution in [0.2, 0.25) is 0 Å². The Bertz CT molecular complexity index is 525. The molecule has 2 aromatic rings. The molecule has 1 fully saturated rings. The number of hydrogen-bond acceptors (Lipinski definition) is 5. The largest absolute Gasteiger partial charge is 0.354 e. The lowest BCUT2D eigenvalue weighted by molar-refractivity contribution is 0.790. The molecule has 3 heterocycles. The van der Waals surface area contributed by atoms with Crippen LogP contribution in [0.3, 0.4) is 0 Å². The van der Waals surface area contributed by atoms with Gasteiger partial charge in [-0.15, -0.1) is 0 Å². The van der Waals surface area contributed by atoms with E-state index in [1.165, 1.54) is 0 Å².